The van der Waals surface area contributed by atoms with Gasteiger partial charge in [0.05, 0.1) is 12.1 Å². The number of rotatable bonds is 1. The van der Waals surface area contributed by atoms with Gasteiger partial charge < -0.3 is 14.5 Å². The number of amides is 1. The summed E-state index contributed by atoms with van der Waals surface area (Å²) >= 11 is 0. The lowest BCUT2D eigenvalue weighted by Gasteiger charge is -2.36. The van der Waals surface area contributed by atoms with Gasteiger partial charge in [-0.15, -0.1) is 0 Å². The minimum absolute atomic E-state index is 0.199. The van der Waals surface area contributed by atoms with Gasteiger partial charge in [0, 0.05) is 24.3 Å². The molecule has 6 nitrogen and oxygen atoms in total. The minimum atomic E-state index is -0.445. The number of carbonyl (C=O) groups excluding carboxylic acids is 1. The molecule has 22 heavy (non-hydrogen) atoms. The Bertz CT molecular complexity index is 596. The van der Waals surface area contributed by atoms with Crippen molar-refractivity contribution in [1.82, 2.24) is 14.9 Å². The zero-order valence-corrected chi connectivity index (χ0v) is 14.0. The number of aromatic nitrogens is 2. The van der Waals surface area contributed by atoms with Gasteiger partial charge >= 0.3 is 6.09 Å². The summed E-state index contributed by atoms with van der Waals surface area (Å²) in [5, 5.41) is 0. The third-order valence-electron chi connectivity index (χ3n) is 4.45. The zero-order valence-electron chi connectivity index (χ0n) is 14.0. The molecule has 1 aromatic rings. The molecule has 3 heterocycles. The summed E-state index contributed by atoms with van der Waals surface area (Å²) in [7, 11) is 0. The Morgan fingerprint density at radius 3 is 2.55 bits per heavy atom. The largest absolute Gasteiger partial charge is 0.444 e. The molecule has 2 saturated heterocycles. The van der Waals surface area contributed by atoms with E-state index in [2.05, 4.69) is 21.8 Å². The van der Waals surface area contributed by atoms with Crippen LogP contribution in [0.15, 0.2) is 6.33 Å². The van der Waals surface area contributed by atoms with Gasteiger partial charge in [-0.2, -0.15) is 0 Å². The molecule has 0 spiro atoms. The van der Waals surface area contributed by atoms with Crippen LogP contribution in [0.4, 0.5) is 10.6 Å². The molecule has 2 unspecified atom stereocenters. The lowest BCUT2D eigenvalue weighted by molar-refractivity contribution is 0.0214. The van der Waals surface area contributed by atoms with Crippen molar-refractivity contribution in [3.63, 3.8) is 0 Å². The summed E-state index contributed by atoms with van der Waals surface area (Å²) in [5.74, 6) is 1.00. The van der Waals surface area contributed by atoms with Crippen molar-refractivity contribution in [3.8, 4) is 0 Å². The van der Waals surface area contributed by atoms with E-state index in [1.54, 1.807) is 6.33 Å². The Balaban J connectivity index is 1.72. The number of piperazine rings is 1. The topological polar surface area (TPSA) is 58.6 Å². The predicted molar refractivity (Wildman–Crippen MR) is 84.0 cm³/mol. The fourth-order valence-electron chi connectivity index (χ4n) is 3.29. The van der Waals surface area contributed by atoms with Crippen LogP contribution in [0, 0.1) is 13.8 Å². The minimum Gasteiger partial charge on any atom is -0.444 e. The third-order valence-corrected chi connectivity index (χ3v) is 4.45. The molecule has 2 aliphatic heterocycles. The number of fused-ring (bicyclic) bond motifs is 2. The lowest BCUT2D eigenvalue weighted by atomic mass is 10.2. The lowest BCUT2D eigenvalue weighted by Crippen LogP contribution is -2.50. The van der Waals surface area contributed by atoms with Gasteiger partial charge in [0.1, 0.15) is 17.7 Å². The summed E-state index contributed by atoms with van der Waals surface area (Å²) in [6.45, 7) is 11.3. The number of anilines is 1. The summed E-state index contributed by atoms with van der Waals surface area (Å²) < 4.78 is 5.50. The summed E-state index contributed by atoms with van der Waals surface area (Å²) in [6.07, 6.45) is 2.41. The Morgan fingerprint density at radius 1 is 1.23 bits per heavy atom. The van der Waals surface area contributed by atoms with E-state index in [0.29, 0.717) is 12.6 Å². The molecule has 1 aromatic heterocycles. The second-order valence-electron chi connectivity index (χ2n) is 7.24. The Kier molecular flexibility index (Phi) is 3.50. The van der Waals surface area contributed by atoms with Gasteiger partial charge in [0.2, 0.25) is 0 Å². The summed E-state index contributed by atoms with van der Waals surface area (Å²) in [4.78, 5) is 25.1. The number of likely N-dealkylation sites (tertiary alicyclic amines) is 1. The third kappa shape index (κ3) is 2.62. The molecule has 0 N–H and O–H groups in total. The Morgan fingerprint density at radius 2 is 1.95 bits per heavy atom. The van der Waals surface area contributed by atoms with E-state index in [1.165, 1.54) is 0 Å². The molecule has 2 fully saturated rings. The highest BCUT2D eigenvalue weighted by molar-refractivity contribution is 5.70. The molecule has 120 valence electrons. The molecule has 2 atom stereocenters. The first-order chi connectivity index (χ1) is 10.3. The van der Waals surface area contributed by atoms with Gasteiger partial charge in [0.25, 0.3) is 0 Å². The van der Waals surface area contributed by atoms with Crippen molar-refractivity contribution in [2.24, 2.45) is 0 Å². The average Bonchev–Trinajstić information content (AvgIpc) is 2.99. The molecule has 3 rings (SSSR count). The highest BCUT2D eigenvalue weighted by Crippen LogP contribution is 2.35. The Hall–Kier alpha value is -1.85. The number of carbonyl (C=O) groups is 1. The van der Waals surface area contributed by atoms with Crippen molar-refractivity contribution < 1.29 is 9.53 Å². The van der Waals surface area contributed by atoms with Crippen LogP contribution in [0.2, 0.25) is 0 Å². The molecule has 1 amide bonds. The first-order valence-corrected chi connectivity index (χ1v) is 7.81. The molecule has 6 heteroatoms. The van der Waals surface area contributed by atoms with Gasteiger partial charge in [-0.25, -0.2) is 14.8 Å². The molecular weight excluding hydrogens is 280 g/mol. The zero-order chi connectivity index (χ0) is 16.1. The van der Waals surface area contributed by atoms with E-state index in [4.69, 9.17) is 4.74 Å². The van der Waals surface area contributed by atoms with Crippen molar-refractivity contribution in [2.75, 3.05) is 18.0 Å². The molecule has 2 bridgehead atoms. The van der Waals surface area contributed by atoms with Crippen LogP contribution in [-0.2, 0) is 4.74 Å². The van der Waals surface area contributed by atoms with E-state index >= 15 is 0 Å². The second-order valence-corrected chi connectivity index (χ2v) is 7.24. The maximum atomic E-state index is 12.3. The molecule has 2 aliphatic rings. The normalized spacial score (nSPS) is 24.0. The fraction of sp³-hybridized carbons (Fsp3) is 0.688. The quantitative estimate of drug-likeness (QED) is 0.796. The van der Waals surface area contributed by atoms with Gasteiger partial charge in [-0.05, 0) is 41.0 Å². The highest BCUT2D eigenvalue weighted by atomic mass is 16.6. The summed E-state index contributed by atoms with van der Waals surface area (Å²) in [6, 6.07) is 0.542. The number of ether oxygens (including phenoxy) is 1. The fourth-order valence-corrected chi connectivity index (χ4v) is 3.29. The maximum absolute atomic E-state index is 12.3. The van der Waals surface area contributed by atoms with Crippen LogP contribution >= 0.6 is 0 Å². The van der Waals surface area contributed by atoms with Crippen LogP contribution in [-0.4, -0.2) is 51.7 Å². The maximum Gasteiger partial charge on any atom is 0.410 e. The number of nitrogens with zero attached hydrogens (tertiary/aromatic N) is 4. The van der Waals surface area contributed by atoms with Crippen molar-refractivity contribution in [3.05, 3.63) is 17.6 Å². The highest BCUT2D eigenvalue weighted by Gasteiger charge is 2.47. The van der Waals surface area contributed by atoms with E-state index in [9.17, 15) is 4.79 Å². The SMILES string of the molecule is Cc1ncnc(N2CC3CC2CN3C(=O)OC(C)(C)C)c1C. The molecule has 0 aliphatic carbocycles. The van der Waals surface area contributed by atoms with E-state index < -0.39 is 5.60 Å². The number of aryl methyl sites for hydroxylation is 1. The standard InChI is InChI=1S/C16H24N4O2/c1-10-11(2)17-9-18-14(10)19-7-13-6-12(19)8-20(13)15(21)22-16(3,4)5/h9,12-13H,6-8H2,1-5H3. The predicted octanol–water partition coefficient (Wildman–Crippen LogP) is 2.29. The average molecular weight is 304 g/mol. The first kappa shape index (κ1) is 15.1. The van der Waals surface area contributed by atoms with Crippen LogP contribution in [0.1, 0.15) is 38.4 Å². The van der Waals surface area contributed by atoms with Crippen LogP contribution < -0.4 is 4.90 Å². The molecule has 0 aromatic carbocycles. The molecule has 0 saturated carbocycles. The van der Waals surface area contributed by atoms with Crippen molar-refractivity contribution in [1.29, 1.82) is 0 Å². The summed E-state index contributed by atoms with van der Waals surface area (Å²) in [5.41, 5.74) is 1.69. The first-order valence-electron chi connectivity index (χ1n) is 7.81. The van der Waals surface area contributed by atoms with Gasteiger partial charge in [-0.3, -0.25) is 0 Å². The van der Waals surface area contributed by atoms with Crippen LogP contribution in [0.5, 0.6) is 0 Å². The van der Waals surface area contributed by atoms with E-state index in [-0.39, 0.29) is 12.1 Å². The van der Waals surface area contributed by atoms with Gasteiger partial charge in [-0.1, -0.05) is 0 Å². The van der Waals surface area contributed by atoms with Crippen molar-refractivity contribution >= 4 is 11.9 Å². The second kappa shape index (κ2) is 5.11. The molecular formula is C16H24N4O2. The Labute approximate surface area is 131 Å². The van der Waals surface area contributed by atoms with Gasteiger partial charge in [0.15, 0.2) is 0 Å². The molecule has 0 radical (unpaired) electrons. The van der Waals surface area contributed by atoms with E-state index in [0.717, 1.165) is 30.0 Å². The number of hydrogen-bond acceptors (Lipinski definition) is 5. The van der Waals surface area contributed by atoms with E-state index in [1.807, 2.05) is 32.6 Å². The number of hydrogen-bond donors (Lipinski definition) is 0. The van der Waals surface area contributed by atoms with Crippen molar-refractivity contribution in [2.45, 2.75) is 58.7 Å². The monoisotopic (exact) mass is 304 g/mol. The smallest absolute Gasteiger partial charge is 0.410 e. The van der Waals surface area contributed by atoms with Crippen LogP contribution in [0.25, 0.3) is 0 Å². The van der Waals surface area contributed by atoms with Crippen LogP contribution in [0.3, 0.4) is 0 Å².